The molecule has 6 heteroatoms. The SMILES string of the molecule is C1=c2nnn(Cn3nnc4ccccc43)c2=CCC1. The van der Waals surface area contributed by atoms with E-state index in [-0.39, 0.29) is 0 Å². The second kappa shape index (κ2) is 4.01. The van der Waals surface area contributed by atoms with Gasteiger partial charge in [0.25, 0.3) is 0 Å². The highest BCUT2D eigenvalue weighted by Crippen LogP contribution is 2.08. The van der Waals surface area contributed by atoms with Gasteiger partial charge in [-0.3, -0.25) is 0 Å². The van der Waals surface area contributed by atoms with E-state index in [1.165, 1.54) is 0 Å². The van der Waals surface area contributed by atoms with Crippen molar-refractivity contribution in [3.63, 3.8) is 0 Å². The summed E-state index contributed by atoms with van der Waals surface area (Å²) in [4.78, 5) is 0. The Morgan fingerprint density at radius 1 is 0.947 bits per heavy atom. The van der Waals surface area contributed by atoms with Crippen LogP contribution in [-0.2, 0) is 6.67 Å². The van der Waals surface area contributed by atoms with Crippen LogP contribution in [0.3, 0.4) is 0 Å². The van der Waals surface area contributed by atoms with E-state index in [1.54, 1.807) is 0 Å². The summed E-state index contributed by atoms with van der Waals surface area (Å²) in [5.41, 5.74) is 1.90. The molecule has 0 saturated carbocycles. The highest BCUT2D eigenvalue weighted by Gasteiger charge is 2.07. The van der Waals surface area contributed by atoms with E-state index in [0.29, 0.717) is 6.67 Å². The van der Waals surface area contributed by atoms with Crippen molar-refractivity contribution in [3.05, 3.63) is 35.0 Å². The molecule has 0 amide bonds. The molecule has 0 bridgehead atoms. The van der Waals surface area contributed by atoms with Crippen molar-refractivity contribution < 1.29 is 0 Å². The van der Waals surface area contributed by atoms with E-state index in [4.69, 9.17) is 0 Å². The van der Waals surface area contributed by atoms with Crippen molar-refractivity contribution in [1.82, 2.24) is 30.0 Å². The number of fused-ring (bicyclic) bond motifs is 2. The number of hydrogen-bond donors (Lipinski definition) is 0. The van der Waals surface area contributed by atoms with Crippen molar-refractivity contribution in [2.24, 2.45) is 0 Å². The molecule has 2 heterocycles. The molecule has 3 aromatic rings. The smallest absolute Gasteiger partial charge is 0.138 e. The summed E-state index contributed by atoms with van der Waals surface area (Å²) >= 11 is 0. The zero-order valence-corrected chi connectivity index (χ0v) is 10.3. The summed E-state index contributed by atoms with van der Waals surface area (Å²) in [6.45, 7) is 0.535. The molecule has 94 valence electrons. The summed E-state index contributed by atoms with van der Waals surface area (Å²) in [5.74, 6) is 0. The molecule has 1 aliphatic rings. The number of hydrogen-bond acceptors (Lipinski definition) is 4. The van der Waals surface area contributed by atoms with Gasteiger partial charge in [-0.25, -0.2) is 9.36 Å². The Labute approximate surface area is 108 Å². The van der Waals surface area contributed by atoms with Crippen LogP contribution in [0.1, 0.15) is 12.8 Å². The molecule has 0 atom stereocenters. The number of rotatable bonds is 2. The maximum absolute atomic E-state index is 4.20. The lowest BCUT2D eigenvalue weighted by Gasteiger charge is -2.03. The average molecular weight is 252 g/mol. The van der Waals surface area contributed by atoms with Crippen molar-refractivity contribution in [3.8, 4) is 0 Å². The van der Waals surface area contributed by atoms with Crippen LogP contribution in [0, 0.1) is 0 Å². The van der Waals surface area contributed by atoms with E-state index in [2.05, 4.69) is 32.8 Å². The van der Waals surface area contributed by atoms with E-state index >= 15 is 0 Å². The molecule has 1 aromatic carbocycles. The largest absolute Gasteiger partial charge is 0.223 e. The first kappa shape index (κ1) is 10.4. The monoisotopic (exact) mass is 252 g/mol. The highest BCUT2D eigenvalue weighted by molar-refractivity contribution is 5.73. The molecule has 0 radical (unpaired) electrons. The predicted octanol–water partition coefficient (Wildman–Crippen LogP) is -0.117. The molecule has 4 rings (SSSR count). The fourth-order valence-corrected chi connectivity index (χ4v) is 2.38. The Morgan fingerprint density at radius 2 is 1.79 bits per heavy atom. The van der Waals surface area contributed by atoms with Crippen molar-refractivity contribution in [2.75, 3.05) is 0 Å². The number of benzene rings is 1. The zero-order valence-electron chi connectivity index (χ0n) is 10.3. The van der Waals surface area contributed by atoms with Gasteiger partial charge in [0.15, 0.2) is 0 Å². The van der Waals surface area contributed by atoms with E-state index in [1.807, 2.05) is 33.6 Å². The van der Waals surface area contributed by atoms with Gasteiger partial charge in [0.05, 0.1) is 10.9 Å². The summed E-state index contributed by atoms with van der Waals surface area (Å²) in [7, 11) is 0. The predicted molar refractivity (Wildman–Crippen MR) is 70.4 cm³/mol. The molecule has 19 heavy (non-hydrogen) atoms. The van der Waals surface area contributed by atoms with Crippen LogP contribution in [0.15, 0.2) is 24.3 Å². The van der Waals surface area contributed by atoms with E-state index < -0.39 is 0 Å². The Morgan fingerprint density at radius 3 is 2.79 bits per heavy atom. The van der Waals surface area contributed by atoms with E-state index in [0.717, 1.165) is 34.6 Å². The van der Waals surface area contributed by atoms with Crippen LogP contribution in [0.25, 0.3) is 23.2 Å². The summed E-state index contributed by atoms with van der Waals surface area (Å²) in [5, 5.41) is 18.7. The number of nitrogens with zero attached hydrogens (tertiary/aromatic N) is 6. The van der Waals surface area contributed by atoms with Gasteiger partial charge in [0.1, 0.15) is 17.5 Å². The molecular formula is C13H12N6. The standard InChI is InChI=1S/C13H12N6/c1-3-7-12-10(5-1)14-16-18(12)9-19-13-8-4-2-6-11(13)15-17-19/h1,3,5-8H,2,4,9H2. The molecule has 6 nitrogen and oxygen atoms in total. The van der Waals surface area contributed by atoms with Gasteiger partial charge in [-0.1, -0.05) is 34.7 Å². The Kier molecular flexibility index (Phi) is 2.20. The van der Waals surface area contributed by atoms with Gasteiger partial charge < -0.3 is 0 Å². The third-order valence-electron chi connectivity index (χ3n) is 3.33. The van der Waals surface area contributed by atoms with Crippen LogP contribution in [0.4, 0.5) is 0 Å². The van der Waals surface area contributed by atoms with Gasteiger partial charge in [-0.2, -0.15) is 0 Å². The van der Waals surface area contributed by atoms with Gasteiger partial charge >= 0.3 is 0 Å². The van der Waals surface area contributed by atoms with Crippen LogP contribution < -0.4 is 10.7 Å². The van der Waals surface area contributed by atoms with Crippen LogP contribution >= 0.6 is 0 Å². The minimum Gasteiger partial charge on any atom is -0.223 e. The van der Waals surface area contributed by atoms with Crippen LogP contribution in [-0.4, -0.2) is 30.0 Å². The number of aromatic nitrogens is 6. The molecule has 0 saturated heterocycles. The van der Waals surface area contributed by atoms with Crippen molar-refractivity contribution in [1.29, 1.82) is 0 Å². The first-order chi connectivity index (χ1) is 9.42. The molecule has 0 spiro atoms. The molecule has 0 unspecified atom stereocenters. The first-order valence-electron chi connectivity index (χ1n) is 6.30. The summed E-state index contributed by atoms with van der Waals surface area (Å²) < 4.78 is 3.71. The Bertz CT molecular complexity index is 857. The minimum absolute atomic E-state index is 0.535. The number of para-hydroxylation sites is 1. The quantitative estimate of drug-likeness (QED) is 0.638. The first-order valence-corrected chi connectivity index (χ1v) is 6.30. The molecular weight excluding hydrogens is 240 g/mol. The van der Waals surface area contributed by atoms with Gasteiger partial charge in [-0.15, -0.1) is 10.2 Å². The van der Waals surface area contributed by atoms with Crippen molar-refractivity contribution >= 4 is 23.2 Å². The summed E-state index contributed by atoms with van der Waals surface area (Å²) in [6.07, 6.45) is 6.38. The zero-order chi connectivity index (χ0) is 12.7. The molecule has 0 fully saturated rings. The maximum atomic E-state index is 4.20. The normalized spacial score (nSPS) is 13.9. The van der Waals surface area contributed by atoms with Gasteiger partial charge in [-0.05, 0) is 25.0 Å². The average Bonchev–Trinajstić information content (AvgIpc) is 3.05. The fraction of sp³-hybridized carbons (Fsp3) is 0.231. The van der Waals surface area contributed by atoms with E-state index in [9.17, 15) is 0 Å². The van der Waals surface area contributed by atoms with Crippen LogP contribution in [0.5, 0.6) is 0 Å². The lowest BCUT2D eigenvalue weighted by molar-refractivity contribution is 0.480. The topological polar surface area (TPSA) is 61.4 Å². The minimum atomic E-state index is 0.535. The van der Waals surface area contributed by atoms with Crippen LogP contribution in [0.2, 0.25) is 0 Å². The molecule has 1 aliphatic carbocycles. The maximum Gasteiger partial charge on any atom is 0.138 e. The Balaban J connectivity index is 1.82. The molecule has 2 aromatic heterocycles. The highest BCUT2D eigenvalue weighted by atomic mass is 15.5. The summed E-state index contributed by atoms with van der Waals surface area (Å²) in [6, 6.07) is 7.91. The van der Waals surface area contributed by atoms with Crippen molar-refractivity contribution in [2.45, 2.75) is 19.5 Å². The lowest BCUT2D eigenvalue weighted by atomic mass is 10.2. The Hall–Kier alpha value is -2.50. The molecule has 0 N–H and O–H groups in total. The third-order valence-corrected chi connectivity index (χ3v) is 3.33. The lowest BCUT2D eigenvalue weighted by Crippen LogP contribution is -2.33. The fourth-order valence-electron chi connectivity index (χ4n) is 2.38. The van der Waals surface area contributed by atoms with Gasteiger partial charge in [0.2, 0.25) is 0 Å². The second-order valence-corrected chi connectivity index (χ2v) is 4.56. The molecule has 0 aliphatic heterocycles. The third kappa shape index (κ3) is 1.64. The van der Waals surface area contributed by atoms with Gasteiger partial charge in [0, 0.05) is 0 Å². The second-order valence-electron chi connectivity index (χ2n) is 4.56.